The zero-order chi connectivity index (χ0) is 15.7. The van der Waals surface area contributed by atoms with Crippen molar-refractivity contribution in [3.63, 3.8) is 0 Å². The molecule has 7 heteroatoms. The highest BCUT2D eigenvalue weighted by Crippen LogP contribution is 2.31. The van der Waals surface area contributed by atoms with Gasteiger partial charge in [0.05, 0.1) is 18.9 Å². The van der Waals surface area contributed by atoms with E-state index >= 15 is 0 Å². The number of fused-ring (bicyclic) bond motifs is 1. The molecule has 118 valence electrons. The van der Waals surface area contributed by atoms with Gasteiger partial charge in [0.15, 0.2) is 0 Å². The Kier molecular flexibility index (Phi) is 4.00. The number of benzene rings is 1. The van der Waals surface area contributed by atoms with E-state index < -0.39 is 6.04 Å². The molecule has 2 heterocycles. The normalized spacial score (nSPS) is 21.9. The molecule has 0 bridgehead atoms. The maximum absolute atomic E-state index is 12.5. The molecule has 3 rings (SSSR count). The second kappa shape index (κ2) is 5.94. The quantitative estimate of drug-likeness (QED) is 0.779. The average molecular weight is 305 g/mol. The van der Waals surface area contributed by atoms with E-state index in [4.69, 9.17) is 15.2 Å². The van der Waals surface area contributed by atoms with Crippen molar-refractivity contribution in [1.29, 1.82) is 0 Å². The molecular weight excluding hydrogens is 286 g/mol. The van der Waals surface area contributed by atoms with Gasteiger partial charge in [-0.3, -0.25) is 9.59 Å². The number of hydrogen-bond donors (Lipinski definition) is 1. The summed E-state index contributed by atoms with van der Waals surface area (Å²) in [6, 6.07) is 4.41. The van der Waals surface area contributed by atoms with Crippen molar-refractivity contribution >= 4 is 17.5 Å². The van der Waals surface area contributed by atoms with E-state index in [9.17, 15) is 9.59 Å². The van der Waals surface area contributed by atoms with E-state index in [0.29, 0.717) is 43.3 Å². The summed E-state index contributed by atoms with van der Waals surface area (Å²) < 4.78 is 10.8. The summed E-state index contributed by atoms with van der Waals surface area (Å²) in [5.41, 5.74) is 6.85. The molecule has 1 fully saturated rings. The van der Waals surface area contributed by atoms with E-state index in [0.717, 1.165) is 0 Å². The van der Waals surface area contributed by atoms with Crippen LogP contribution < -0.4 is 15.4 Å². The Morgan fingerprint density at radius 1 is 1.32 bits per heavy atom. The molecule has 0 unspecified atom stereocenters. The van der Waals surface area contributed by atoms with Crippen LogP contribution in [0.2, 0.25) is 0 Å². The molecule has 0 saturated carbocycles. The molecule has 0 aromatic heterocycles. The fourth-order valence-corrected chi connectivity index (χ4v) is 2.60. The second-order valence-electron chi connectivity index (χ2n) is 5.40. The molecule has 1 saturated heterocycles. The fourth-order valence-electron chi connectivity index (χ4n) is 2.60. The molecule has 2 N–H and O–H groups in total. The van der Waals surface area contributed by atoms with Crippen LogP contribution in [0, 0.1) is 0 Å². The number of nitrogens with two attached hydrogens (primary N) is 1. The Hall–Kier alpha value is -2.12. The van der Waals surface area contributed by atoms with Crippen LogP contribution >= 0.6 is 0 Å². The number of rotatable bonds is 1. The Labute approximate surface area is 128 Å². The minimum Gasteiger partial charge on any atom is -0.489 e. The predicted octanol–water partition coefficient (Wildman–Crippen LogP) is -0.158. The summed E-state index contributed by atoms with van der Waals surface area (Å²) in [6.45, 7) is 2.38. The van der Waals surface area contributed by atoms with Gasteiger partial charge in [0.2, 0.25) is 5.91 Å². The van der Waals surface area contributed by atoms with Crippen molar-refractivity contribution in [1.82, 2.24) is 4.90 Å². The lowest BCUT2D eigenvalue weighted by atomic mass is 10.1. The van der Waals surface area contributed by atoms with Gasteiger partial charge in [-0.2, -0.15) is 0 Å². The van der Waals surface area contributed by atoms with E-state index in [1.54, 1.807) is 30.1 Å². The molecule has 0 aliphatic carbocycles. The van der Waals surface area contributed by atoms with E-state index in [-0.39, 0.29) is 18.4 Å². The number of carbonyl (C=O) groups excluding carboxylic acids is 2. The van der Waals surface area contributed by atoms with Crippen molar-refractivity contribution in [3.05, 3.63) is 23.8 Å². The van der Waals surface area contributed by atoms with Crippen LogP contribution in [-0.4, -0.2) is 62.7 Å². The zero-order valence-corrected chi connectivity index (χ0v) is 12.4. The SMILES string of the molecule is CN1C(=O)[C@@H](N)COc2ccc(C(=O)N3CCOCC3)cc21. The maximum atomic E-state index is 12.5. The molecular formula is C15H19N3O4. The minimum absolute atomic E-state index is 0.0690. The molecule has 2 aliphatic rings. The van der Waals surface area contributed by atoms with Gasteiger partial charge in [-0.25, -0.2) is 0 Å². The van der Waals surface area contributed by atoms with Gasteiger partial charge in [0, 0.05) is 25.7 Å². The summed E-state index contributed by atoms with van der Waals surface area (Å²) >= 11 is 0. The highest BCUT2D eigenvalue weighted by atomic mass is 16.5. The first-order valence-electron chi connectivity index (χ1n) is 7.25. The lowest BCUT2D eigenvalue weighted by Gasteiger charge is -2.27. The Bertz CT molecular complexity index is 598. The Morgan fingerprint density at radius 2 is 2.05 bits per heavy atom. The van der Waals surface area contributed by atoms with Crippen molar-refractivity contribution in [2.75, 3.05) is 44.9 Å². The fraction of sp³-hybridized carbons (Fsp3) is 0.467. The van der Waals surface area contributed by atoms with Gasteiger partial charge in [0.1, 0.15) is 18.4 Å². The molecule has 7 nitrogen and oxygen atoms in total. The number of ether oxygens (including phenoxy) is 2. The van der Waals surface area contributed by atoms with Crippen LogP contribution in [0.15, 0.2) is 18.2 Å². The maximum Gasteiger partial charge on any atom is 0.254 e. The third-order valence-electron chi connectivity index (χ3n) is 3.93. The van der Waals surface area contributed by atoms with Crippen molar-refractivity contribution in [3.8, 4) is 5.75 Å². The number of carbonyl (C=O) groups is 2. The molecule has 22 heavy (non-hydrogen) atoms. The molecule has 2 aliphatic heterocycles. The van der Waals surface area contributed by atoms with Gasteiger partial charge < -0.3 is 25.0 Å². The van der Waals surface area contributed by atoms with Gasteiger partial charge in [0.25, 0.3) is 5.91 Å². The van der Waals surface area contributed by atoms with Crippen molar-refractivity contribution < 1.29 is 19.1 Å². The molecule has 0 spiro atoms. The van der Waals surface area contributed by atoms with Crippen LogP contribution in [0.4, 0.5) is 5.69 Å². The molecule has 1 aromatic rings. The number of morpholine rings is 1. The second-order valence-corrected chi connectivity index (χ2v) is 5.40. The Balaban J connectivity index is 1.89. The molecule has 1 atom stereocenters. The van der Waals surface area contributed by atoms with Gasteiger partial charge in [-0.1, -0.05) is 0 Å². The summed E-state index contributed by atoms with van der Waals surface area (Å²) in [7, 11) is 1.64. The summed E-state index contributed by atoms with van der Waals surface area (Å²) in [5.74, 6) is 0.262. The zero-order valence-electron chi connectivity index (χ0n) is 12.4. The largest absolute Gasteiger partial charge is 0.489 e. The smallest absolute Gasteiger partial charge is 0.254 e. The van der Waals surface area contributed by atoms with Crippen LogP contribution in [0.1, 0.15) is 10.4 Å². The summed E-state index contributed by atoms with van der Waals surface area (Å²) in [6.07, 6.45) is 0. The third kappa shape index (κ3) is 2.65. The first kappa shape index (κ1) is 14.8. The highest BCUT2D eigenvalue weighted by molar-refractivity contribution is 6.01. The van der Waals surface area contributed by atoms with Crippen LogP contribution in [0.25, 0.3) is 0 Å². The lowest BCUT2D eigenvalue weighted by molar-refractivity contribution is -0.119. The number of anilines is 1. The number of likely N-dealkylation sites (N-methyl/N-ethyl adjacent to an activating group) is 1. The topological polar surface area (TPSA) is 85.1 Å². The van der Waals surface area contributed by atoms with Crippen molar-refractivity contribution in [2.45, 2.75) is 6.04 Å². The number of nitrogens with zero attached hydrogens (tertiary/aromatic N) is 2. The third-order valence-corrected chi connectivity index (χ3v) is 3.93. The van der Waals surface area contributed by atoms with Gasteiger partial charge in [-0.15, -0.1) is 0 Å². The average Bonchev–Trinajstić information content (AvgIpc) is 2.67. The molecule has 1 aromatic carbocycles. The molecule has 0 radical (unpaired) electrons. The van der Waals surface area contributed by atoms with Crippen LogP contribution in [0.3, 0.4) is 0 Å². The van der Waals surface area contributed by atoms with E-state index in [2.05, 4.69) is 0 Å². The number of hydrogen-bond acceptors (Lipinski definition) is 5. The van der Waals surface area contributed by atoms with Gasteiger partial charge >= 0.3 is 0 Å². The molecule has 2 amide bonds. The summed E-state index contributed by atoms with van der Waals surface area (Å²) in [5, 5.41) is 0. The van der Waals surface area contributed by atoms with E-state index in [1.165, 1.54) is 4.90 Å². The lowest BCUT2D eigenvalue weighted by Crippen LogP contribution is -2.43. The Morgan fingerprint density at radius 3 is 2.77 bits per heavy atom. The highest BCUT2D eigenvalue weighted by Gasteiger charge is 2.28. The standard InChI is InChI=1S/C15H19N3O4/c1-17-12-8-10(14(19)18-4-6-21-7-5-18)2-3-13(12)22-9-11(16)15(17)20/h2-3,8,11H,4-7,9,16H2,1H3/t11-/m0/s1. The van der Waals surface area contributed by atoms with Crippen LogP contribution in [0.5, 0.6) is 5.75 Å². The first-order valence-corrected chi connectivity index (χ1v) is 7.25. The van der Waals surface area contributed by atoms with Crippen molar-refractivity contribution in [2.24, 2.45) is 5.73 Å². The summed E-state index contributed by atoms with van der Waals surface area (Å²) in [4.78, 5) is 27.8. The minimum atomic E-state index is -0.698. The van der Waals surface area contributed by atoms with E-state index in [1.807, 2.05) is 0 Å². The first-order chi connectivity index (χ1) is 10.6. The van der Waals surface area contributed by atoms with Crippen LogP contribution in [-0.2, 0) is 9.53 Å². The predicted molar refractivity (Wildman–Crippen MR) is 80.0 cm³/mol. The number of amides is 2. The monoisotopic (exact) mass is 305 g/mol. The van der Waals surface area contributed by atoms with Gasteiger partial charge in [-0.05, 0) is 18.2 Å².